The number of methoxy groups -OCH3 is 1. The standard InChI is InChI=1S/C11H21NO2/c1-9(13-2)11-4-3-6-12(11)10-5-7-14-8-10/h9-11H,3-8H2,1-2H3/t9-,10+,11-/m0/s1. The van der Waals surface area contributed by atoms with Crippen LogP contribution in [0.1, 0.15) is 26.2 Å². The Morgan fingerprint density at radius 3 is 2.93 bits per heavy atom. The van der Waals surface area contributed by atoms with E-state index in [-0.39, 0.29) is 0 Å². The van der Waals surface area contributed by atoms with Gasteiger partial charge >= 0.3 is 0 Å². The predicted molar refractivity (Wildman–Crippen MR) is 55.4 cm³/mol. The van der Waals surface area contributed by atoms with Gasteiger partial charge in [-0.3, -0.25) is 4.90 Å². The minimum Gasteiger partial charge on any atom is -0.380 e. The second-order valence-corrected chi connectivity index (χ2v) is 4.41. The van der Waals surface area contributed by atoms with E-state index in [0.29, 0.717) is 18.2 Å². The number of hydrogen-bond acceptors (Lipinski definition) is 3. The summed E-state index contributed by atoms with van der Waals surface area (Å²) in [4.78, 5) is 2.60. The summed E-state index contributed by atoms with van der Waals surface area (Å²) in [5.41, 5.74) is 0. The van der Waals surface area contributed by atoms with E-state index in [1.807, 2.05) is 7.11 Å². The van der Waals surface area contributed by atoms with Crippen LogP contribution >= 0.6 is 0 Å². The molecule has 3 atom stereocenters. The summed E-state index contributed by atoms with van der Waals surface area (Å²) in [7, 11) is 1.81. The van der Waals surface area contributed by atoms with E-state index in [0.717, 1.165) is 13.2 Å². The van der Waals surface area contributed by atoms with Crippen molar-refractivity contribution >= 4 is 0 Å². The summed E-state index contributed by atoms with van der Waals surface area (Å²) in [6.07, 6.45) is 4.16. The Bertz CT molecular complexity index is 180. The molecule has 0 saturated carbocycles. The zero-order valence-electron chi connectivity index (χ0n) is 9.24. The average molecular weight is 199 g/mol. The molecule has 0 N–H and O–H groups in total. The van der Waals surface area contributed by atoms with Crippen molar-refractivity contribution in [2.45, 2.75) is 44.4 Å². The Kier molecular flexibility index (Phi) is 3.42. The van der Waals surface area contributed by atoms with Crippen molar-refractivity contribution in [3.63, 3.8) is 0 Å². The maximum absolute atomic E-state index is 5.45. The van der Waals surface area contributed by atoms with Crippen molar-refractivity contribution < 1.29 is 9.47 Å². The number of nitrogens with zero attached hydrogens (tertiary/aromatic N) is 1. The zero-order valence-corrected chi connectivity index (χ0v) is 9.24. The van der Waals surface area contributed by atoms with Crippen LogP contribution in [0.5, 0.6) is 0 Å². The van der Waals surface area contributed by atoms with Gasteiger partial charge in [-0.15, -0.1) is 0 Å². The van der Waals surface area contributed by atoms with Crippen LogP contribution < -0.4 is 0 Å². The van der Waals surface area contributed by atoms with Crippen molar-refractivity contribution in [2.75, 3.05) is 26.9 Å². The molecule has 14 heavy (non-hydrogen) atoms. The van der Waals surface area contributed by atoms with Gasteiger partial charge in [0.05, 0.1) is 12.7 Å². The molecule has 2 heterocycles. The lowest BCUT2D eigenvalue weighted by Crippen LogP contribution is -2.45. The molecule has 2 aliphatic heterocycles. The van der Waals surface area contributed by atoms with E-state index in [2.05, 4.69) is 11.8 Å². The largest absolute Gasteiger partial charge is 0.380 e. The highest BCUT2D eigenvalue weighted by Gasteiger charge is 2.35. The number of rotatable bonds is 3. The number of ether oxygens (including phenoxy) is 2. The third-order valence-electron chi connectivity index (χ3n) is 3.63. The van der Waals surface area contributed by atoms with Gasteiger partial charge in [0, 0.05) is 25.8 Å². The Balaban J connectivity index is 1.95. The molecule has 2 aliphatic rings. The van der Waals surface area contributed by atoms with Gasteiger partial charge in [0.25, 0.3) is 0 Å². The summed E-state index contributed by atoms with van der Waals surface area (Å²) in [5.74, 6) is 0. The first-order chi connectivity index (χ1) is 6.83. The quantitative estimate of drug-likeness (QED) is 0.683. The average Bonchev–Trinajstić information content (AvgIpc) is 2.85. The van der Waals surface area contributed by atoms with E-state index in [1.165, 1.54) is 25.8 Å². The second kappa shape index (κ2) is 4.60. The third-order valence-corrected chi connectivity index (χ3v) is 3.63. The molecule has 0 aliphatic carbocycles. The molecule has 0 amide bonds. The Morgan fingerprint density at radius 2 is 2.29 bits per heavy atom. The molecular formula is C11H21NO2. The molecule has 2 saturated heterocycles. The van der Waals surface area contributed by atoms with Crippen LogP contribution in [-0.2, 0) is 9.47 Å². The van der Waals surface area contributed by atoms with E-state index < -0.39 is 0 Å². The molecule has 0 unspecified atom stereocenters. The predicted octanol–water partition coefficient (Wildman–Crippen LogP) is 1.27. The SMILES string of the molecule is CO[C@@H](C)[C@@H]1CCCN1[C@@H]1CCOC1. The van der Waals surface area contributed by atoms with Gasteiger partial charge in [0.15, 0.2) is 0 Å². The van der Waals surface area contributed by atoms with Crippen molar-refractivity contribution in [3.05, 3.63) is 0 Å². The fourth-order valence-electron chi connectivity index (χ4n) is 2.71. The summed E-state index contributed by atoms with van der Waals surface area (Å²) >= 11 is 0. The summed E-state index contributed by atoms with van der Waals surface area (Å²) in [6.45, 7) is 5.27. The van der Waals surface area contributed by atoms with Gasteiger partial charge < -0.3 is 9.47 Å². The van der Waals surface area contributed by atoms with Crippen LogP contribution in [0, 0.1) is 0 Å². The van der Waals surface area contributed by atoms with Gasteiger partial charge in [-0.2, -0.15) is 0 Å². The summed E-state index contributed by atoms with van der Waals surface area (Å²) in [6, 6.07) is 1.27. The van der Waals surface area contributed by atoms with Gasteiger partial charge in [-0.05, 0) is 32.7 Å². The Hall–Kier alpha value is -0.120. The minimum absolute atomic E-state index is 0.359. The van der Waals surface area contributed by atoms with E-state index in [9.17, 15) is 0 Å². The minimum atomic E-state index is 0.359. The molecular weight excluding hydrogens is 178 g/mol. The topological polar surface area (TPSA) is 21.7 Å². The van der Waals surface area contributed by atoms with Crippen molar-refractivity contribution in [1.82, 2.24) is 4.90 Å². The molecule has 0 aromatic rings. The van der Waals surface area contributed by atoms with E-state index >= 15 is 0 Å². The maximum Gasteiger partial charge on any atom is 0.0698 e. The van der Waals surface area contributed by atoms with Gasteiger partial charge in [-0.1, -0.05) is 0 Å². The Morgan fingerprint density at radius 1 is 1.43 bits per heavy atom. The van der Waals surface area contributed by atoms with Crippen LogP contribution in [-0.4, -0.2) is 50.0 Å². The maximum atomic E-state index is 5.45. The lowest BCUT2D eigenvalue weighted by molar-refractivity contribution is 0.0245. The normalized spacial score (nSPS) is 36.4. The summed E-state index contributed by atoms with van der Waals surface area (Å²) in [5, 5.41) is 0. The molecule has 0 aromatic heterocycles. The van der Waals surface area contributed by atoms with Crippen LogP contribution in [0.25, 0.3) is 0 Å². The lowest BCUT2D eigenvalue weighted by atomic mass is 10.1. The van der Waals surface area contributed by atoms with Gasteiger partial charge in [-0.25, -0.2) is 0 Å². The van der Waals surface area contributed by atoms with Crippen LogP contribution in [0.15, 0.2) is 0 Å². The molecule has 0 spiro atoms. The molecule has 0 bridgehead atoms. The second-order valence-electron chi connectivity index (χ2n) is 4.41. The van der Waals surface area contributed by atoms with Crippen LogP contribution in [0.3, 0.4) is 0 Å². The van der Waals surface area contributed by atoms with Crippen molar-refractivity contribution in [1.29, 1.82) is 0 Å². The molecule has 2 fully saturated rings. The lowest BCUT2D eigenvalue weighted by Gasteiger charge is -2.32. The fraction of sp³-hybridized carbons (Fsp3) is 1.00. The highest BCUT2D eigenvalue weighted by molar-refractivity contribution is 4.89. The molecule has 0 aromatic carbocycles. The number of hydrogen-bond donors (Lipinski definition) is 0. The van der Waals surface area contributed by atoms with Crippen molar-refractivity contribution in [3.8, 4) is 0 Å². The third kappa shape index (κ3) is 1.95. The summed E-state index contributed by atoms with van der Waals surface area (Å²) < 4.78 is 10.9. The van der Waals surface area contributed by atoms with Crippen LogP contribution in [0.2, 0.25) is 0 Å². The Labute approximate surface area is 86.4 Å². The number of likely N-dealkylation sites (tertiary alicyclic amines) is 1. The molecule has 0 radical (unpaired) electrons. The van der Waals surface area contributed by atoms with Crippen LogP contribution in [0.4, 0.5) is 0 Å². The molecule has 2 rings (SSSR count). The molecule has 3 nitrogen and oxygen atoms in total. The molecule has 3 heteroatoms. The smallest absolute Gasteiger partial charge is 0.0698 e. The van der Waals surface area contributed by atoms with E-state index in [1.54, 1.807) is 0 Å². The monoisotopic (exact) mass is 199 g/mol. The van der Waals surface area contributed by atoms with Gasteiger partial charge in [0.1, 0.15) is 0 Å². The zero-order chi connectivity index (χ0) is 9.97. The van der Waals surface area contributed by atoms with Crippen molar-refractivity contribution in [2.24, 2.45) is 0 Å². The molecule has 82 valence electrons. The van der Waals surface area contributed by atoms with E-state index in [4.69, 9.17) is 9.47 Å². The first kappa shape index (κ1) is 10.4. The first-order valence-electron chi connectivity index (χ1n) is 5.69. The highest BCUT2D eigenvalue weighted by atomic mass is 16.5. The van der Waals surface area contributed by atoms with Gasteiger partial charge in [0.2, 0.25) is 0 Å². The first-order valence-corrected chi connectivity index (χ1v) is 5.69. The fourth-order valence-corrected chi connectivity index (χ4v) is 2.71. The highest BCUT2D eigenvalue weighted by Crippen LogP contribution is 2.27.